The molecule has 4 rings (SSSR count). The monoisotopic (exact) mass is 665 g/mol. The number of nitrogens with one attached hydrogen (secondary N) is 1. The number of unbranched alkanes of at least 4 members (excludes halogenated alkanes) is 1. The number of halogens is 2. The average molecular weight is 667 g/mol. The maximum absolute atomic E-state index is 14.5. The summed E-state index contributed by atoms with van der Waals surface area (Å²) < 4.78 is 29.3. The maximum Gasteiger partial charge on any atom is 0.264 e. The number of amides is 2. The molecule has 236 valence electrons. The first kappa shape index (κ1) is 34.0. The molecule has 4 aromatic rings. The van der Waals surface area contributed by atoms with Gasteiger partial charge in [0.05, 0.1) is 10.6 Å². The Morgan fingerprint density at radius 1 is 0.867 bits per heavy atom. The van der Waals surface area contributed by atoms with Crippen LogP contribution in [-0.2, 0) is 32.6 Å². The molecule has 1 atom stereocenters. The van der Waals surface area contributed by atoms with Crippen LogP contribution >= 0.6 is 23.2 Å². The zero-order valence-electron chi connectivity index (χ0n) is 25.3. The summed E-state index contributed by atoms with van der Waals surface area (Å²) in [6.07, 6.45) is 1.89. The minimum absolute atomic E-state index is 0.000144. The first-order chi connectivity index (χ1) is 21.6. The molecule has 4 aromatic carbocycles. The third kappa shape index (κ3) is 9.10. The fraction of sp³-hybridized carbons (Fsp3) is 0.257. The van der Waals surface area contributed by atoms with Crippen molar-refractivity contribution in [1.82, 2.24) is 10.2 Å². The number of rotatable bonds is 14. The predicted molar refractivity (Wildman–Crippen MR) is 181 cm³/mol. The summed E-state index contributed by atoms with van der Waals surface area (Å²) in [5, 5.41) is 3.80. The van der Waals surface area contributed by atoms with Gasteiger partial charge in [0, 0.05) is 29.6 Å². The molecule has 10 heteroatoms. The number of hydrogen-bond donors (Lipinski definition) is 1. The van der Waals surface area contributed by atoms with Gasteiger partial charge in [-0.25, -0.2) is 8.42 Å². The average Bonchev–Trinajstić information content (AvgIpc) is 3.03. The number of benzene rings is 4. The lowest BCUT2D eigenvalue weighted by Gasteiger charge is -2.34. The Bertz CT molecular complexity index is 1700. The Morgan fingerprint density at radius 2 is 1.56 bits per heavy atom. The van der Waals surface area contributed by atoms with Gasteiger partial charge in [0.1, 0.15) is 12.6 Å². The second kappa shape index (κ2) is 15.9. The molecule has 0 aliphatic rings. The van der Waals surface area contributed by atoms with Gasteiger partial charge in [-0.15, -0.1) is 0 Å². The van der Waals surface area contributed by atoms with E-state index >= 15 is 0 Å². The molecule has 0 heterocycles. The fourth-order valence-electron chi connectivity index (χ4n) is 4.92. The van der Waals surface area contributed by atoms with Crippen molar-refractivity contribution in [2.45, 2.75) is 50.6 Å². The van der Waals surface area contributed by atoms with Crippen LogP contribution in [0.3, 0.4) is 0 Å². The first-order valence-corrected chi connectivity index (χ1v) is 17.0. The lowest BCUT2D eigenvalue weighted by atomic mass is 10.0. The summed E-state index contributed by atoms with van der Waals surface area (Å²) in [7, 11) is -4.22. The van der Waals surface area contributed by atoms with E-state index < -0.39 is 28.5 Å². The summed E-state index contributed by atoms with van der Waals surface area (Å²) in [5.41, 5.74) is 2.63. The van der Waals surface area contributed by atoms with Crippen LogP contribution in [0.25, 0.3) is 0 Å². The fourth-order valence-corrected chi connectivity index (χ4v) is 6.64. The van der Waals surface area contributed by atoms with E-state index in [0.717, 1.165) is 28.3 Å². The lowest BCUT2D eigenvalue weighted by molar-refractivity contribution is -0.140. The van der Waals surface area contributed by atoms with Crippen molar-refractivity contribution >= 4 is 50.7 Å². The van der Waals surface area contributed by atoms with Gasteiger partial charge < -0.3 is 10.2 Å². The van der Waals surface area contributed by atoms with Crippen molar-refractivity contribution in [1.29, 1.82) is 0 Å². The van der Waals surface area contributed by atoms with Gasteiger partial charge in [-0.3, -0.25) is 13.9 Å². The standard InChI is InChI=1S/C35H37Cl2N3O4S/c1-3-4-21-38-35(42)33(23-27-12-6-5-7-13-27)39(24-28-14-8-9-16-32(28)37)34(41)25-40(30-15-10-11-26(2)22-30)45(43,44)31-19-17-29(36)18-20-31/h5-20,22,33H,3-4,21,23-25H2,1-2H3,(H,38,42)/t33-/m0/s1. The molecule has 0 aliphatic heterocycles. The van der Waals surface area contributed by atoms with Crippen LogP contribution in [-0.4, -0.2) is 44.3 Å². The summed E-state index contributed by atoms with van der Waals surface area (Å²) in [6.45, 7) is 3.78. The number of carbonyl (C=O) groups is 2. The predicted octanol–water partition coefficient (Wildman–Crippen LogP) is 7.05. The molecule has 2 amide bonds. The zero-order chi connectivity index (χ0) is 32.4. The number of nitrogens with zero attached hydrogens (tertiary/aromatic N) is 2. The number of carbonyl (C=O) groups excluding carboxylic acids is 2. The van der Waals surface area contributed by atoms with E-state index in [-0.39, 0.29) is 23.8 Å². The highest BCUT2D eigenvalue weighted by atomic mass is 35.5. The van der Waals surface area contributed by atoms with Crippen molar-refractivity contribution in [3.63, 3.8) is 0 Å². The Hall–Kier alpha value is -3.85. The third-order valence-corrected chi connectivity index (χ3v) is 9.78. The van der Waals surface area contributed by atoms with Crippen LogP contribution in [0.5, 0.6) is 0 Å². The minimum Gasteiger partial charge on any atom is -0.354 e. The van der Waals surface area contributed by atoms with Crippen molar-refractivity contribution in [2.24, 2.45) is 0 Å². The summed E-state index contributed by atoms with van der Waals surface area (Å²) in [4.78, 5) is 29.7. The molecule has 0 saturated carbocycles. The highest BCUT2D eigenvalue weighted by molar-refractivity contribution is 7.92. The van der Waals surface area contributed by atoms with Crippen molar-refractivity contribution in [2.75, 3.05) is 17.4 Å². The Labute approximate surface area is 275 Å². The van der Waals surface area contributed by atoms with Crippen LogP contribution in [0.4, 0.5) is 5.69 Å². The summed E-state index contributed by atoms with van der Waals surface area (Å²) in [5.74, 6) is -0.879. The van der Waals surface area contributed by atoms with E-state index in [0.29, 0.717) is 27.8 Å². The Balaban J connectivity index is 1.80. The van der Waals surface area contributed by atoms with Crippen LogP contribution in [0.15, 0.2) is 108 Å². The number of anilines is 1. The molecule has 0 bridgehead atoms. The third-order valence-electron chi connectivity index (χ3n) is 7.37. The van der Waals surface area contributed by atoms with E-state index in [9.17, 15) is 18.0 Å². The topological polar surface area (TPSA) is 86.8 Å². The van der Waals surface area contributed by atoms with E-state index in [2.05, 4.69) is 5.32 Å². The van der Waals surface area contributed by atoms with Crippen LogP contribution in [0.1, 0.15) is 36.5 Å². The minimum atomic E-state index is -4.22. The highest BCUT2D eigenvalue weighted by Crippen LogP contribution is 2.27. The van der Waals surface area contributed by atoms with E-state index in [1.54, 1.807) is 42.5 Å². The molecule has 7 nitrogen and oxygen atoms in total. The van der Waals surface area contributed by atoms with Gasteiger partial charge in [-0.05, 0) is 72.5 Å². The van der Waals surface area contributed by atoms with Gasteiger partial charge in [0.15, 0.2) is 0 Å². The number of hydrogen-bond acceptors (Lipinski definition) is 4. The quantitative estimate of drug-likeness (QED) is 0.146. The van der Waals surface area contributed by atoms with E-state index in [4.69, 9.17) is 23.2 Å². The maximum atomic E-state index is 14.5. The zero-order valence-corrected chi connectivity index (χ0v) is 27.7. The molecule has 45 heavy (non-hydrogen) atoms. The van der Waals surface area contributed by atoms with Crippen LogP contribution in [0, 0.1) is 6.92 Å². The molecule has 0 radical (unpaired) electrons. The van der Waals surface area contributed by atoms with Gasteiger partial charge in [0.25, 0.3) is 10.0 Å². The normalized spacial score (nSPS) is 11.9. The Morgan fingerprint density at radius 3 is 2.22 bits per heavy atom. The molecular weight excluding hydrogens is 629 g/mol. The first-order valence-electron chi connectivity index (χ1n) is 14.8. The molecule has 0 fully saturated rings. The van der Waals surface area contributed by atoms with Crippen LogP contribution < -0.4 is 9.62 Å². The molecule has 0 unspecified atom stereocenters. The molecule has 0 aliphatic carbocycles. The smallest absolute Gasteiger partial charge is 0.264 e. The SMILES string of the molecule is CCCCNC(=O)[C@H](Cc1ccccc1)N(Cc1ccccc1Cl)C(=O)CN(c1cccc(C)c1)S(=O)(=O)c1ccc(Cl)cc1. The lowest BCUT2D eigenvalue weighted by Crippen LogP contribution is -2.53. The van der Waals surface area contributed by atoms with E-state index in [1.807, 2.05) is 50.2 Å². The highest BCUT2D eigenvalue weighted by Gasteiger charge is 2.35. The second-order valence-corrected chi connectivity index (χ2v) is 13.5. The number of aryl methyl sites for hydroxylation is 1. The molecule has 0 spiro atoms. The van der Waals surface area contributed by atoms with Crippen molar-refractivity contribution in [3.05, 3.63) is 130 Å². The largest absolute Gasteiger partial charge is 0.354 e. The molecule has 0 aromatic heterocycles. The molecule has 1 N–H and O–H groups in total. The van der Waals surface area contributed by atoms with Gasteiger partial charge in [-0.1, -0.05) is 97.2 Å². The van der Waals surface area contributed by atoms with Crippen molar-refractivity contribution < 1.29 is 18.0 Å². The molecule has 0 saturated heterocycles. The van der Waals surface area contributed by atoms with E-state index in [1.165, 1.54) is 29.2 Å². The summed E-state index contributed by atoms with van der Waals surface area (Å²) >= 11 is 12.6. The van der Waals surface area contributed by atoms with Gasteiger partial charge in [-0.2, -0.15) is 0 Å². The van der Waals surface area contributed by atoms with Crippen molar-refractivity contribution in [3.8, 4) is 0 Å². The van der Waals surface area contributed by atoms with Crippen LogP contribution in [0.2, 0.25) is 10.0 Å². The number of sulfonamides is 1. The second-order valence-electron chi connectivity index (χ2n) is 10.8. The molecular formula is C35H37Cl2N3O4S. The van der Waals surface area contributed by atoms with Gasteiger partial charge >= 0.3 is 0 Å². The summed E-state index contributed by atoms with van der Waals surface area (Å²) in [6, 6.07) is 28.3. The van der Waals surface area contributed by atoms with Gasteiger partial charge in [0.2, 0.25) is 11.8 Å². The Kier molecular flexibility index (Phi) is 12.0.